The van der Waals surface area contributed by atoms with E-state index in [9.17, 15) is 4.89 Å². The van der Waals surface area contributed by atoms with Crippen LogP contribution in [0.2, 0.25) is 0 Å². The molecule has 68 heavy (non-hydrogen) atoms. The SMILES string of the molecule is COc1cccc(CP(OP(=O)(O)OP(Cc2cccc(OC)c2)(c2cccc(C)c2)(c2cccc(C)c2)c2cccc(C)c2)(c2ccc(C)cc2)(c2ccc(C)cc2)c2ccc(C)cc2)c1.Cl. The van der Waals surface area contributed by atoms with Crippen LogP contribution in [-0.2, 0) is 25.5 Å². The second-order valence-electron chi connectivity index (χ2n) is 18.1. The molecule has 1 unspecified atom stereocenters. The molecule has 0 amide bonds. The van der Waals surface area contributed by atoms with Crippen LogP contribution in [-0.4, -0.2) is 19.1 Å². The predicted molar refractivity (Wildman–Crippen MR) is 291 cm³/mol. The summed E-state index contributed by atoms with van der Waals surface area (Å²) in [6.07, 6.45) is 0.412. The summed E-state index contributed by atoms with van der Waals surface area (Å²) in [6, 6.07) is 65.4. The van der Waals surface area contributed by atoms with Gasteiger partial charge >= 0.3 is 399 Å². The van der Waals surface area contributed by atoms with E-state index >= 15 is 4.57 Å². The van der Waals surface area contributed by atoms with Gasteiger partial charge in [-0.05, 0) is 0 Å². The number of hydrogen-bond acceptors (Lipinski definition) is 5. The van der Waals surface area contributed by atoms with Gasteiger partial charge in [-0.15, -0.1) is 12.4 Å². The fraction of sp³-hybridized carbons (Fsp3) is 0.172. The molecule has 8 aromatic carbocycles. The Balaban J connectivity index is 0.00000684. The molecule has 0 aliphatic rings. The molecule has 0 saturated carbocycles. The van der Waals surface area contributed by atoms with Crippen LogP contribution in [0.5, 0.6) is 11.5 Å². The molecule has 10 heteroatoms. The zero-order valence-corrected chi connectivity index (χ0v) is 43.6. The van der Waals surface area contributed by atoms with Crippen molar-refractivity contribution in [2.24, 2.45) is 0 Å². The predicted octanol–water partition coefficient (Wildman–Crippen LogP) is 12.7. The standard InChI is InChI=1S/C58H61O6P3.ClH/c1-43-24-30-53(31-25-43)66(54-32-26-44(2)27-33-54,55-34-28-45(3)29-35-55,41-49-17-12-19-51(39-49)61-7)63-65(59,60)64-67(56-21-9-14-46(4)36-56,57-22-10-15-47(5)37-57,58-23-11-16-48(6)38-58)42-50-18-13-20-52(40-50)62-8;/h9-40H,41-42H2,1-8H3,(H,59,60);1H. The van der Waals surface area contributed by atoms with Gasteiger partial charge in [0.15, 0.2) is 0 Å². The summed E-state index contributed by atoms with van der Waals surface area (Å²) in [5.41, 5.74) is 7.79. The van der Waals surface area contributed by atoms with Crippen molar-refractivity contribution in [3.05, 3.63) is 239 Å². The second kappa shape index (κ2) is 19.9. The minimum absolute atomic E-state index is 0. The minimum Gasteiger partial charge on any atom is -0.147 e. The van der Waals surface area contributed by atoms with E-state index < -0.39 is 21.5 Å². The van der Waals surface area contributed by atoms with Gasteiger partial charge < -0.3 is 0 Å². The van der Waals surface area contributed by atoms with Crippen molar-refractivity contribution in [2.75, 3.05) is 14.2 Å². The van der Waals surface area contributed by atoms with E-state index in [4.69, 9.17) is 18.1 Å². The smallest absolute Gasteiger partial charge is 0.147 e. The Morgan fingerprint density at radius 2 is 0.676 bits per heavy atom. The molecule has 6 nitrogen and oxygen atoms in total. The molecule has 0 radical (unpaired) electrons. The molecule has 0 aromatic heterocycles. The molecule has 1 N–H and O–H groups in total. The van der Waals surface area contributed by atoms with Crippen molar-refractivity contribution in [1.29, 1.82) is 0 Å². The zero-order valence-electron chi connectivity index (χ0n) is 40.1. The van der Waals surface area contributed by atoms with Crippen LogP contribution in [0.4, 0.5) is 0 Å². The number of ether oxygens (including phenoxy) is 2. The Labute approximate surface area is 409 Å². The number of rotatable bonds is 16. The summed E-state index contributed by atoms with van der Waals surface area (Å²) in [5.74, 6) is 1.33. The van der Waals surface area contributed by atoms with Gasteiger partial charge in [0.25, 0.3) is 0 Å². The van der Waals surface area contributed by atoms with Gasteiger partial charge in [-0.3, -0.25) is 0 Å². The van der Waals surface area contributed by atoms with E-state index in [0.717, 1.165) is 76.3 Å². The summed E-state index contributed by atoms with van der Waals surface area (Å²) in [5, 5.41) is 4.70. The second-order valence-corrected chi connectivity index (χ2v) is 28.9. The molecule has 8 rings (SSSR count). The van der Waals surface area contributed by atoms with E-state index in [2.05, 4.69) is 148 Å². The zero-order chi connectivity index (χ0) is 47.5. The molecule has 352 valence electrons. The molecule has 8 aromatic rings. The first-order chi connectivity index (χ1) is 32.1. The van der Waals surface area contributed by atoms with Crippen molar-refractivity contribution in [1.82, 2.24) is 0 Å². The molecule has 0 fully saturated rings. The van der Waals surface area contributed by atoms with Crippen LogP contribution in [0.15, 0.2) is 194 Å². The first-order valence-corrected chi connectivity index (χ1v) is 28.8. The van der Waals surface area contributed by atoms with Crippen molar-refractivity contribution in [3.63, 3.8) is 0 Å². The summed E-state index contributed by atoms with van der Waals surface area (Å²) < 4.78 is 44.6. The van der Waals surface area contributed by atoms with E-state index in [0.29, 0.717) is 11.5 Å². The van der Waals surface area contributed by atoms with Gasteiger partial charge in [0.05, 0.1) is 0 Å². The van der Waals surface area contributed by atoms with E-state index in [-0.39, 0.29) is 24.7 Å². The van der Waals surface area contributed by atoms with Crippen LogP contribution < -0.4 is 41.3 Å². The molecular formula is C58H62ClO6P3. The fourth-order valence-electron chi connectivity index (χ4n) is 9.84. The van der Waals surface area contributed by atoms with E-state index in [1.54, 1.807) is 14.2 Å². The third-order valence-electron chi connectivity index (χ3n) is 13.2. The van der Waals surface area contributed by atoms with Crippen LogP contribution in [0, 0.1) is 41.5 Å². The largest absolute Gasteiger partial charge is 0.147 e. The molecule has 0 saturated heterocycles. The van der Waals surface area contributed by atoms with Crippen molar-refractivity contribution >= 4 is 65.7 Å². The number of phosphoric acid groups is 1. The van der Waals surface area contributed by atoms with Gasteiger partial charge in [0, 0.05) is 0 Å². The maximum atomic E-state index is 17.1. The maximum Gasteiger partial charge on any atom is -0.147 e. The van der Waals surface area contributed by atoms with Crippen molar-refractivity contribution < 1.29 is 27.6 Å². The van der Waals surface area contributed by atoms with Gasteiger partial charge in [0.2, 0.25) is 0 Å². The number of hydrogen-bond donors (Lipinski definition) is 1. The number of aryl methyl sites for hydroxylation is 6. The van der Waals surface area contributed by atoms with E-state index in [1.165, 1.54) is 0 Å². The first-order valence-electron chi connectivity index (χ1n) is 22.6. The van der Waals surface area contributed by atoms with Gasteiger partial charge in [0.1, 0.15) is 0 Å². The van der Waals surface area contributed by atoms with Crippen molar-refractivity contribution in [2.45, 2.75) is 53.9 Å². The molecule has 0 aliphatic carbocycles. The summed E-state index contributed by atoms with van der Waals surface area (Å²) in [7, 11) is -2.09. The average Bonchev–Trinajstić information content (AvgIpc) is 3.31. The van der Waals surface area contributed by atoms with Crippen LogP contribution >= 0.6 is 33.9 Å². The van der Waals surface area contributed by atoms with E-state index in [1.807, 2.05) is 87.5 Å². The average molecular weight is 984 g/mol. The Morgan fingerprint density at radius 1 is 0.382 bits per heavy atom. The first kappa shape index (κ1) is 50.5. The minimum atomic E-state index is -5.40. The number of benzene rings is 8. The van der Waals surface area contributed by atoms with Gasteiger partial charge in [-0.2, -0.15) is 0 Å². The van der Waals surface area contributed by atoms with Gasteiger partial charge in [-0.1, -0.05) is 0 Å². The third kappa shape index (κ3) is 9.25. The molecule has 0 heterocycles. The normalized spacial score (nSPS) is 13.7. The summed E-state index contributed by atoms with van der Waals surface area (Å²) in [4.78, 5) is 13.9. The third-order valence-corrected chi connectivity index (χ3v) is 27.9. The van der Waals surface area contributed by atoms with Gasteiger partial charge in [-0.25, -0.2) is 0 Å². The molecular weight excluding hydrogens is 921 g/mol. The fourth-order valence-corrected chi connectivity index (χ4v) is 26.2. The molecule has 0 spiro atoms. The Bertz CT molecular complexity index is 2870. The van der Waals surface area contributed by atoms with Crippen LogP contribution in [0.1, 0.15) is 44.5 Å². The number of methoxy groups -OCH3 is 2. The Hall–Kier alpha value is -5.38. The molecule has 1 atom stereocenters. The monoisotopic (exact) mass is 982 g/mol. The van der Waals surface area contributed by atoms with Crippen LogP contribution in [0.3, 0.4) is 0 Å². The van der Waals surface area contributed by atoms with Crippen LogP contribution in [0.25, 0.3) is 0 Å². The van der Waals surface area contributed by atoms with Crippen molar-refractivity contribution in [3.8, 4) is 11.5 Å². The molecule has 0 aliphatic heterocycles. The Morgan fingerprint density at radius 3 is 0.971 bits per heavy atom. The number of halogens is 1. The maximum absolute atomic E-state index is 17.1. The Kier molecular flexibility index (Phi) is 14.8. The topological polar surface area (TPSA) is 74.2 Å². The molecule has 0 bridgehead atoms. The summed E-state index contributed by atoms with van der Waals surface area (Å²) in [6.45, 7) is 2.71. The quantitative estimate of drug-likeness (QED) is 0.0973. The summed E-state index contributed by atoms with van der Waals surface area (Å²) >= 11 is 0.